The average molecular weight is 616 g/mol. The molecule has 0 spiro atoms. The van der Waals surface area contributed by atoms with Gasteiger partial charge in [0.15, 0.2) is 0 Å². The van der Waals surface area contributed by atoms with Gasteiger partial charge in [0.25, 0.3) is 0 Å². The highest BCUT2D eigenvalue weighted by Crippen LogP contribution is 2.56. The van der Waals surface area contributed by atoms with Gasteiger partial charge in [-0.2, -0.15) is 0 Å². The molecule has 1 heterocycles. The van der Waals surface area contributed by atoms with Gasteiger partial charge in [-0.05, 0) is 63.7 Å². The van der Waals surface area contributed by atoms with Crippen molar-refractivity contribution < 1.29 is 0 Å². The lowest BCUT2D eigenvalue weighted by molar-refractivity contribution is 0.768. The smallest absolute Gasteiger partial charge is 0.0944 e. The number of allylic oxidation sites excluding steroid dienone is 2. The Labute approximate surface area is 281 Å². The van der Waals surface area contributed by atoms with Crippen LogP contribution in [0.3, 0.4) is 0 Å². The molecule has 0 saturated carbocycles. The van der Waals surface area contributed by atoms with Crippen LogP contribution in [-0.2, 0) is 5.41 Å². The topological polar surface area (TPSA) is 36.4 Å². The summed E-state index contributed by atoms with van der Waals surface area (Å²) in [6.45, 7) is 0. The van der Waals surface area contributed by atoms with E-state index in [4.69, 9.17) is 4.99 Å². The lowest BCUT2D eigenvalue weighted by Crippen LogP contribution is -2.37. The van der Waals surface area contributed by atoms with Crippen molar-refractivity contribution in [3.63, 3.8) is 0 Å². The van der Waals surface area contributed by atoms with Crippen LogP contribution >= 0.6 is 0 Å². The van der Waals surface area contributed by atoms with E-state index in [1.807, 2.05) is 12.1 Å². The second-order valence-corrected chi connectivity index (χ2v) is 12.5. The van der Waals surface area contributed by atoms with E-state index in [2.05, 4.69) is 181 Å². The molecule has 2 N–H and O–H groups in total. The van der Waals surface area contributed by atoms with Crippen LogP contribution in [0.15, 0.2) is 187 Å². The van der Waals surface area contributed by atoms with Crippen molar-refractivity contribution in [1.29, 1.82) is 0 Å². The van der Waals surface area contributed by atoms with Gasteiger partial charge in [-0.15, -0.1) is 0 Å². The van der Waals surface area contributed by atoms with E-state index in [-0.39, 0.29) is 6.04 Å². The molecule has 6 aromatic carbocycles. The average Bonchev–Trinajstić information content (AvgIpc) is 3.47. The van der Waals surface area contributed by atoms with E-state index in [1.165, 1.54) is 33.4 Å². The Bertz CT molecular complexity index is 2230. The molecule has 3 nitrogen and oxygen atoms in total. The van der Waals surface area contributed by atoms with Gasteiger partial charge in [0.2, 0.25) is 0 Å². The molecule has 0 aromatic heterocycles. The highest BCUT2D eigenvalue weighted by molar-refractivity contribution is 6.10. The first-order chi connectivity index (χ1) is 23.8. The van der Waals surface area contributed by atoms with Crippen LogP contribution in [0.2, 0.25) is 0 Å². The summed E-state index contributed by atoms with van der Waals surface area (Å²) in [7, 11) is 0. The fourth-order valence-corrected chi connectivity index (χ4v) is 7.63. The Kier molecular flexibility index (Phi) is 6.76. The Morgan fingerprint density at radius 3 is 1.90 bits per heavy atom. The second kappa shape index (κ2) is 11.6. The van der Waals surface area contributed by atoms with Crippen molar-refractivity contribution in [3.05, 3.63) is 215 Å². The van der Waals surface area contributed by atoms with Gasteiger partial charge in [0.1, 0.15) is 0 Å². The summed E-state index contributed by atoms with van der Waals surface area (Å²) in [6, 6.07) is 56.7. The number of rotatable bonds is 6. The monoisotopic (exact) mass is 615 g/mol. The van der Waals surface area contributed by atoms with Crippen molar-refractivity contribution in [3.8, 4) is 11.1 Å². The molecule has 3 aliphatic rings. The lowest BCUT2D eigenvalue weighted by atomic mass is 9.68. The third-order valence-corrected chi connectivity index (χ3v) is 9.74. The Hall–Kier alpha value is -6.19. The van der Waals surface area contributed by atoms with Crippen LogP contribution in [-0.4, -0.2) is 11.8 Å². The molecule has 0 bridgehead atoms. The molecule has 48 heavy (non-hydrogen) atoms. The van der Waals surface area contributed by atoms with Gasteiger partial charge < -0.3 is 10.6 Å². The summed E-state index contributed by atoms with van der Waals surface area (Å²) in [5, 5.41) is 7.46. The normalized spacial score (nSPS) is 16.8. The van der Waals surface area contributed by atoms with Gasteiger partial charge in [-0.1, -0.05) is 152 Å². The lowest BCUT2D eigenvalue weighted by Gasteiger charge is -2.34. The molecule has 1 atom stereocenters. The van der Waals surface area contributed by atoms with Crippen LogP contribution in [0.1, 0.15) is 33.4 Å². The summed E-state index contributed by atoms with van der Waals surface area (Å²) in [4.78, 5) is 5.13. The van der Waals surface area contributed by atoms with Crippen LogP contribution in [0, 0.1) is 0 Å². The van der Waals surface area contributed by atoms with E-state index in [9.17, 15) is 0 Å². The van der Waals surface area contributed by atoms with Crippen molar-refractivity contribution in [2.75, 3.05) is 5.32 Å². The zero-order valence-corrected chi connectivity index (χ0v) is 26.3. The predicted molar refractivity (Wildman–Crippen MR) is 199 cm³/mol. The SMILES string of the molecule is C1=CC2=NC(c3ccccc3)=C(c3cccc(Nc4ccc(C5(c6ccccc6)c6ccccc6-c6ccccc65)cc4)c3)NC2C=C1. The van der Waals surface area contributed by atoms with Gasteiger partial charge in [-0.25, -0.2) is 4.99 Å². The highest BCUT2D eigenvalue weighted by Gasteiger charge is 2.45. The van der Waals surface area contributed by atoms with Crippen LogP contribution in [0.5, 0.6) is 0 Å². The number of nitrogens with zero attached hydrogens (tertiary/aromatic N) is 1. The standard InChI is InChI=1S/C45H33N3/c1-3-14-31(15-4-1)43-44(48-42-25-12-11-24-41(42)47-43)32-16-13-19-36(30-32)46-35-28-26-34(27-29-35)45(33-17-5-2-6-18-33)39-22-9-7-20-37(39)38-21-8-10-23-40(38)45/h1-30,42,46,48H. The Morgan fingerprint density at radius 2 is 1.17 bits per heavy atom. The third kappa shape index (κ3) is 4.55. The highest BCUT2D eigenvalue weighted by atomic mass is 15.0. The largest absolute Gasteiger partial charge is 0.371 e. The number of aliphatic imine (C=N–C) groups is 1. The number of anilines is 2. The van der Waals surface area contributed by atoms with E-state index in [0.29, 0.717) is 0 Å². The van der Waals surface area contributed by atoms with Crippen molar-refractivity contribution in [1.82, 2.24) is 5.32 Å². The minimum atomic E-state index is -0.401. The van der Waals surface area contributed by atoms with Crippen LogP contribution in [0.4, 0.5) is 11.4 Å². The van der Waals surface area contributed by atoms with Crippen LogP contribution < -0.4 is 10.6 Å². The summed E-state index contributed by atoms with van der Waals surface area (Å²) in [5.41, 5.74) is 14.6. The maximum atomic E-state index is 5.13. The van der Waals surface area contributed by atoms with Gasteiger partial charge >= 0.3 is 0 Å². The first-order valence-corrected chi connectivity index (χ1v) is 16.5. The number of fused-ring (bicyclic) bond motifs is 4. The molecule has 0 radical (unpaired) electrons. The third-order valence-electron chi connectivity index (χ3n) is 9.74. The van der Waals surface area contributed by atoms with Crippen molar-refractivity contribution in [2.24, 2.45) is 4.99 Å². The number of benzene rings is 6. The molecule has 0 amide bonds. The van der Waals surface area contributed by atoms with E-state index in [1.54, 1.807) is 0 Å². The molecule has 6 aromatic rings. The summed E-state index contributed by atoms with van der Waals surface area (Å²) < 4.78 is 0. The summed E-state index contributed by atoms with van der Waals surface area (Å²) >= 11 is 0. The van der Waals surface area contributed by atoms with Crippen molar-refractivity contribution in [2.45, 2.75) is 11.5 Å². The summed E-state index contributed by atoms with van der Waals surface area (Å²) in [6.07, 6.45) is 8.37. The maximum absolute atomic E-state index is 5.13. The molecular weight excluding hydrogens is 583 g/mol. The molecule has 1 unspecified atom stereocenters. The Morgan fingerprint density at radius 1 is 0.542 bits per heavy atom. The van der Waals surface area contributed by atoms with E-state index in [0.717, 1.165) is 39.6 Å². The molecule has 1 aliphatic heterocycles. The molecule has 3 heteroatoms. The minimum Gasteiger partial charge on any atom is -0.371 e. The quantitative estimate of drug-likeness (QED) is 0.195. The fraction of sp³-hybridized carbons (Fsp3) is 0.0444. The zero-order chi connectivity index (χ0) is 31.9. The molecule has 0 fully saturated rings. The molecular formula is C45H33N3. The predicted octanol–water partition coefficient (Wildman–Crippen LogP) is 10.2. The Balaban J connectivity index is 1.09. The number of hydrogen-bond donors (Lipinski definition) is 2. The van der Waals surface area contributed by atoms with Crippen molar-refractivity contribution >= 4 is 28.5 Å². The van der Waals surface area contributed by atoms with Gasteiger partial charge in [0.05, 0.1) is 28.6 Å². The molecule has 228 valence electrons. The number of nitrogens with one attached hydrogen (secondary N) is 2. The first kappa shape index (κ1) is 28.1. The molecule has 2 aliphatic carbocycles. The number of hydrogen-bond acceptors (Lipinski definition) is 3. The molecule has 9 rings (SSSR count). The van der Waals surface area contributed by atoms with E-state index >= 15 is 0 Å². The zero-order valence-electron chi connectivity index (χ0n) is 26.3. The van der Waals surface area contributed by atoms with Gasteiger partial charge in [0, 0.05) is 22.5 Å². The van der Waals surface area contributed by atoms with Crippen LogP contribution in [0.25, 0.3) is 22.5 Å². The summed E-state index contributed by atoms with van der Waals surface area (Å²) in [5.74, 6) is 0. The van der Waals surface area contributed by atoms with Gasteiger partial charge in [-0.3, -0.25) is 0 Å². The van der Waals surface area contributed by atoms with E-state index < -0.39 is 5.41 Å². The fourth-order valence-electron chi connectivity index (χ4n) is 7.63. The maximum Gasteiger partial charge on any atom is 0.0944 e. The molecule has 0 saturated heterocycles. The first-order valence-electron chi connectivity index (χ1n) is 16.5. The minimum absolute atomic E-state index is 0.0457. The second-order valence-electron chi connectivity index (χ2n) is 12.5.